The molecule has 0 radical (unpaired) electrons. The summed E-state index contributed by atoms with van der Waals surface area (Å²) in [6.45, 7) is -0.682. The number of amides is 1. The topological polar surface area (TPSA) is 129 Å². The lowest BCUT2D eigenvalue weighted by molar-refractivity contribution is -0.135. The molecule has 0 aliphatic heterocycles. The van der Waals surface area contributed by atoms with Crippen LogP contribution in [0.15, 0.2) is 77.6 Å². The SMILES string of the molecule is O=C(O)CNC(=O)c1c(O)c2ccc(Oc3ccccc3)c(Cc3ccccc3)c2[nH]c1=O. The minimum absolute atomic E-state index is 0.237. The molecule has 0 aliphatic rings. The number of pyridine rings is 1. The first-order valence-electron chi connectivity index (χ1n) is 10.1. The van der Waals surface area contributed by atoms with Gasteiger partial charge in [-0.2, -0.15) is 0 Å². The van der Waals surface area contributed by atoms with Crippen molar-refractivity contribution in [3.8, 4) is 17.2 Å². The summed E-state index contributed by atoms with van der Waals surface area (Å²) in [7, 11) is 0. The van der Waals surface area contributed by atoms with Crippen LogP contribution in [-0.4, -0.2) is 33.6 Å². The van der Waals surface area contributed by atoms with Crippen LogP contribution in [0.5, 0.6) is 17.2 Å². The number of H-pyrrole nitrogens is 1. The van der Waals surface area contributed by atoms with E-state index in [1.807, 2.05) is 48.5 Å². The number of benzene rings is 3. The largest absolute Gasteiger partial charge is 0.506 e. The molecule has 1 aromatic heterocycles. The first-order chi connectivity index (χ1) is 15.9. The Bertz CT molecular complexity index is 1380. The van der Waals surface area contributed by atoms with Crippen LogP contribution in [0.2, 0.25) is 0 Å². The first-order valence-corrected chi connectivity index (χ1v) is 10.1. The molecule has 4 rings (SSSR count). The van der Waals surface area contributed by atoms with E-state index in [0.717, 1.165) is 5.56 Å². The van der Waals surface area contributed by atoms with Gasteiger partial charge in [-0.1, -0.05) is 48.5 Å². The van der Waals surface area contributed by atoms with Crippen LogP contribution in [0.4, 0.5) is 0 Å². The highest BCUT2D eigenvalue weighted by Gasteiger charge is 2.22. The van der Waals surface area contributed by atoms with Crippen LogP contribution in [0.25, 0.3) is 10.9 Å². The molecule has 8 nitrogen and oxygen atoms in total. The molecule has 0 saturated carbocycles. The molecule has 166 valence electrons. The molecule has 3 aromatic carbocycles. The highest BCUT2D eigenvalue weighted by Crippen LogP contribution is 2.35. The molecule has 0 fully saturated rings. The maximum absolute atomic E-state index is 12.7. The summed E-state index contributed by atoms with van der Waals surface area (Å²) < 4.78 is 6.06. The molecule has 1 heterocycles. The summed E-state index contributed by atoms with van der Waals surface area (Å²) in [5.74, 6) is -1.70. The van der Waals surface area contributed by atoms with Crippen molar-refractivity contribution >= 4 is 22.8 Å². The fourth-order valence-electron chi connectivity index (χ4n) is 3.53. The second kappa shape index (κ2) is 9.27. The fraction of sp³-hybridized carbons (Fsp3) is 0.0800. The summed E-state index contributed by atoms with van der Waals surface area (Å²) in [5.41, 5.74) is 0.503. The van der Waals surface area contributed by atoms with Crippen LogP contribution in [0, 0.1) is 0 Å². The van der Waals surface area contributed by atoms with Gasteiger partial charge >= 0.3 is 5.97 Å². The van der Waals surface area contributed by atoms with E-state index >= 15 is 0 Å². The first kappa shape index (κ1) is 21.6. The number of aliphatic carboxylic acids is 1. The number of para-hydroxylation sites is 1. The Labute approximate surface area is 188 Å². The monoisotopic (exact) mass is 444 g/mol. The molecule has 4 aromatic rings. The standard InChI is InChI=1S/C25H20N2O6/c28-20(29)14-26-24(31)21-23(30)17-11-12-19(33-16-9-5-2-6-10-16)18(22(17)27-25(21)32)13-15-7-3-1-4-8-15/h1-12H,13-14H2,(H,26,31)(H,28,29)(H2,27,30,32). The second-order valence-corrected chi connectivity index (χ2v) is 7.30. The highest BCUT2D eigenvalue weighted by molar-refractivity contribution is 6.03. The third-order valence-electron chi connectivity index (χ3n) is 5.05. The number of hydrogen-bond donors (Lipinski definition) is 4. The van der Waals surface area contributed by atoms with E-state index in [1.165, 1.54) is 0 Å². The van der Waals surface area contributed by atoms with E-state index in [9.17, 15) is 19.5 Å². The predicted molar refractivity (Wildman–Crippen MR) is 122 cm³/mol. The van der Waals surface area contributed by atoms with Gasteiger partial charge in [0.15, 0.2) is 0 Å². The number of nitrogens with one attached hydrogen (secondary N) is 2. The Kier molecular flexibility index (Phi) is 6.08. The number of carbonyl (C=O) groups excluding carboxylic acids is 1. The van der Waals surface area contributed by atoms with Crippen molar-refractivity contribution < 1.29 is 24.5 Å². The molecule has 0 spiro atoms. The molecule has 0 unspecified atom stereocenters. The third-order valence-corrected chi connectivity index (χ3v) is 5.05. The van der Waals surface area contributed by atoms with Crippen molar-refractivity contribution in [1.29, 1.82) is 0 Å². The summed E-state index contributed by atoms with van der Waals surface area (Å²) in [6.07, 6.45) is 0.389. The van der Waals surface area contributed by atoms with Crippen LogP contribution in [-0.2, 0) is 11.2 Å². The lowest BCUT2D eigenvalue weighted by atomic mass is 9.99. The molecule has 0 bridgehead atoms. The fourth-order valence-corrected chi connectivity index (χ4v) is 3.53. The number of carbonyl (C=O) groups is 2. The van der Waals surface area contributed by atoms with Crippen LogP contribution in [0.1, 0.15) is 21.5 Å². The average Bonchev–Trinajstić information content (AvgIpc) is 2.80. The minimum atomic E-state index is -1.27. The number of rotatable bonds is 7. The molecule has 8 heteroatoms. The minimum Gasteiger partial charge on any atom is -0.506 e. The van der Waals surface area contributed by atoms with Crippen LogP contribution >= 0.6 is 0 Å². The number of fused-ring (bicyclic) bond motifs is 1. The Morgan fingerprint density at radius 1 is 0.939 bits per heavy atom. The lowest BCUT2D eigenvalue weighted by Crippen LogP contribution is -2.33. The van der Waals surface area contributed by atoms with E-state index in [0.29, 0.717) is 29.0 Å². The molecule has 0 aliphatic carbocycles. The van der Waals surface area contributed by atoms with Crippen molar-refractivity contribution in [2.24, 2.45) is 0 Å². The van der Waals surface area contributed by atoms with Gasteiger partial charge in [0.25, 0.3) is 11.5 Å². The van der Waals surface area contributed by atoms with Crippen molar-refractivity contribution in [3.63, 3.8) is 0 Å². The normalized spacial score (nSPS) is 10.7. The number of hydrogen-bond acceptors (Lipinski definition) is 5. The molecular weight excluding hydrogens is 424 g/mol. The van der Waals surface area contributed by atoms with E-state index in [-0.39, 0.29) is 5.39 Å². The number of aromatic amines is 1. The Morgan fingerprint density at radius 2 is 1.61 bits per heavy atom. The van der Waals surface area contributed by atoms with E-state index < -0.39 is 35.3 Å². The Balaban J connectivity index is 1.86. The van der Waals surface area contributed by atoms with E-state index in [1.54, 1.807) is 24.3 Å². The van der Waals surface area contributed by atoms with Crippen molar-refractivity contribution in [1.82, 2.24) is 10.3 Å². The van der Waals surface area contributed by atoms with E-state index in [4.69, 9.17) is 9.84 Å². The van der Waals surface area contributed by atoms with Gasteiger partial charge in [-0.05, 0) is 29.8 Å². The van der Waals surface area contributed by atoms with Gasteiger partial charge in [-0.3, -0.25) is 14.4 Å². The van der Waals surface area contributed by atoms with Crippen LogP contribution in [0.3, 0.4) is 0 Å². The molecule has 0 atom stereocenters. The molecule has 0 saturated heterocycles. The number of ether oxygens (including phenoxy) is 1. The average molecular weight is 444 g/mol. The van der Waals surface area contributed by atoms with Gasteiger partial charge in [0.1, 0.15) is 29.4 Å². The zero-order valence-corrected chi connectivity index (χ0v) is 17.4. The van der Waals surface area contributed by atoms with Crippen molar-refractivity contribution in [2.45, 2.75) is 6.42 Å². The van der Waals surface area contributed by atoms with Gasteiger partial charge in [0.05, 0.1) is 5.52 Å². The third kappa shape index (κ3) is 4.69. The van der Waals surface area contributed by atoms with Crippen molar-refractivity contribution in [2.75, 3.05) is 6.54 Å². The zero-order valence-electron chi connectivity index (χ0n) is 17.4. The number of carboxylic acid groups (broad SMARTS) is 1. The Hall–Kier alpha value is -4.59. The number of carboxylic acids is 1. The molecule has 4 N–H and O–H groups in total. The second-order valence-electron chi connectivity index (χ2n) is 7.30. The summed E-state index contributed by atoms with van der Waals surface area (Å²) >= 11 is 0. The van der Waals surface area contributed by atoms with Gasteiger partial charge in [-0.15, -0.1) is 0 Å². The Morgan fingerprint density at radius 3 is 2.27 bits per heavy atom. The quantitative estimate of drug-likeness (QED) is 0.346. The lowest BCUT2D eigenvalue weighted by Gasteiger charge is -2.16. The summed E-state index contributed by atoms with van der Waals surface area (Å²) in [6, 6.07) is 21.9. The summed E-state index contributed by atoms with van der Waals surface area (Å²) in [5, 5.41) is 21.9. The molecule has 1 amide bonds. The number of aromatic hydroxyl groups is 1. The van der Waals surface area contributed by atoms with Crippen LogP contribution < -0.4 is 15.6 Å². The maximum Gasteiger partial charge on any atom is 0.322 e. The van der Waals surface area contributed by atoms with Gasteiger partial charge in [-0.25, -0.2) is 0 Å². The van der Waals surface area contributed by atoms with E-state index in [2.05, 4.69) is 10.3 Å². The summed E-state index contributed by atoms with van der Waals surface area (Å²) in [4.78, 5) is 38.5. The van der Waals surface area contributed by atoms with Gasteiger partial charge in [0.2, 0.25) is 0 Å². The van der Waals surface area contributed by atoms with Crippen molar-refractivity contribution in [3.05, 3.63) is 99.8 Å². The predicted octanol–water partition coefficient (Wildman–Crippen LogP) is 3.43. The van der Waals surface area contributed by atoms with Gasteiger partial charge in [0, 0.05) is 17.4 Å². The molecule has 33 heavy (non-hydrogen) atoms. The zero-order chi connectivity index (χ0) is 23.4. The number of aromatic nitrogens is 1. The maximum atomic E-state index is 12.7. The highest BCUT2D eigenvalue weighted by atomic mass is 16.5. The van der Waals surface area contributed by atoms with Gasteiger partial charge < -0.3 is 25.3 Å². The smallest absolute Gasteiger partial charge is 0.322 e. The molecular formula is C25H20N2O6.